The highest BCUT2D eigenvalue weighted by molar-refractivity contribution is 7.09. The van der Waals surface area contributed by atoms with Crippen LogP contribution in [-0.2, 0) is 13.0 Å². The van der Waals surface area contributed by atoms with Crippen molar-refractivity contribution in [3.63, 3.8) is 0 Å². The van der Waals surface area contributed by atoms with Crippen LogP contribution in [0.1, 0.15) is 18.6 Å². The van der Waals surface area contributed by atoms with E-state index >= 15 is 0 Å². The lowest BCUT2D eigenvalue weighted by atomic mass is 10.2. The van der Waals surface area contributed by atoms with Gasteiger partial charge in [0.2, 0.25) is 16.8 Å². The molecule has 3 aromatic rings. The third-order valence-electron chi connectivity index (χ3n) is 4.78. The molecule has 0 saturated carbocycles. The van der Waals surface area contributed by atoms with E-state index in [-0.39, 0.29) is 0 Å². The Morgan fingerprint density at radius 1 is 1.27 bits per heavy atom. The molecule has 0 spiro atoms. The van der Waals surface area contributed by atoms with Crippen molar-refractivity contribution in [3.8, 4) is 11.4 Å². The number of hydrogen-bond acceptors (Lipinski definition) is 8. The topological polar surface area (TPSA) is 95.6 Å². The van der Waals surface area contributed by atoms with Crippen LogP contribution in [0.25, 0.3) is 11.4 Å². The van der Waals surface area contributed by atoms with Gasteiger partial charge in [0, 0.05) is 61.8 Å². The van der Waals surface area contributed by atoms with E-state index in [1.807, 2.05) is 24.3 Å². The maximum atomic E-state index is 6.04. The Labute approximate surface area is 183 Å². The number of rotatable bonds is 5. The molecule has 30 heavy (non-hydrogen) atoms. The number of aryl methyl sites for hydroxylation is 1. The zero-order chi connectivity index (χ0) is 20.9. The molecule has 11 heteroatoms. The first-order valence-corrected chi connectivity index (χ1v) is 10.9. The highest BCUT2D eigenvalue weighted by atomic mass is 35.5. The van der Waals surface area contributed by atoms with Gasteiger partial charge >= 0.3 is 0 Å². The molecule has 1 aromatic carbocycles. The van der Waals surface area contributed by atoms with Crippen LogP contribution >= 0.6 is 23.1 Å². The molecule has 9 nitrogen and oxygen atoms in total. The lowest BCUT2D eigenvalue weighted by Crippen LogP contribution is -2.52. The number of anilines is 1. The summed E-state index contributed by atoms with van der Waals surface area (Å²) in [6.07, 6.45) is 0.863. The van der Waals surface area contributed by atoms with Gasteiger partial charge in [-0.15, -0.1) is 0 Å². The summed E-state index contributed by atoms with van der Waals surface area (Å²) in [6.45, 7) is 5.91. The van der Waals surface area contributed by atoms with Gasteiger partial charge in [0.1, 0.15) is 5.82 Å². The number of aliphatic imine (C=N–C) groups is 1. The number of nitrogens with one attached hydrogen (secondary N) is 1. The van der Waals surface area contributed by atoms with Crippen molar-refractivity contribution in [2.45, 2.75) is 19.9 Å². The molecule has 0 unspecified atom stereocenters. The molecule has 158 valence electrons. The monoisotopic (exact) mass is 446 g/mol. The minimum Gasteiger partial charge on any atom is -0.347 e. The molecular weight excluding hydrogens is 424 g/mol. The van der Waals surface area contributed by atoms with Gasteiger partial charge in [0.25, 0.3) is 0 Å². The minimum absolute atomic E-state index is 0.400. The zero-order valence-corrected chi connectivity index (χ0v) is 18.4. The van der Waals surface area contributed by atoms with Crippen LogP contribution in [0.4, 0.5) is 5.13 Å². The normalized spacial score (nSPS) is 15.0. The summed E-state index contributed by atoms with van der Waals surface area (Å²) in [5.74, 6) is 2.72. The Bertz CT molecular complexity index is 1010. The number of aromatic nitrogens is 4. The van der Waals surface area contributed by atoms with E-state index in [1.165, 1.54) is 11.5 Å². The van der Waals surface area contributed by atoms with Crippen LogP contribution in [0, 0.1) is 0 Å². The summed E-state index contributed by atoms with van der Waals surface area (Å²) >= 11 is 7.51. The first-order valence-electron chi connectivity index (χ1n) is 9.78. The van der Waals surface area contributed by atoms with Gasteiger partial charge in [0.15, 0.2) is 5.96 Å². The van der Waals surface area contributed by atoms with Crippen LogP contribution in [0.3, 0.4) is 0 Å². The number of nitrogens with zero attached hydrogens (tertiary/aromatic N) is 7. The van der Waals surface area contributed by atoms with Crippen molar-refractivity contribution in [2.75, 3.05) is 38.1 Å². The van der Waals surface area contributed by atoms with Crippen molar-refractivity contribution in [1.29, 1.82) is 0 Å². The molecule has 1 N–H and O–H groups in total. The van der Waals surface area contributed by atoms with Crippen molar-refractivity contribution in [2.24, 2.45) is 4.99 Å². The van der Waals surface area contributed by atoms with Gasteiger partial charge in [-0.1, -0.05) is 35.8 Å². The second-order valence-electron chi connectivity index (χ2n) is 6.74. The van der Waals surface area contributed by atoms with Crippen molar-refractivity contribution >= 4 is 34.2 Å². The lowest BCUT2D eigenvalue weighted by molar-refractivity contribution is 0.355. The van der Waals surface area contributed by atoms with Crippen LogP contribution in [-0.4, -0.2) is 63.6 Å². The average molecular weight is 447 g/mol. The summed E-state index contributed by atoms with van der Waals surface area (Å²) in [5.41, 5.74) is 0.820. The van der Waals surface area contributed by atoms with Crippen LogP contribution in [0.2, 0.25) is 5.02 Å². The molecule has 2 aromatic heterocycles. The highest BCUT2D eigenvalue weighted by Gasteiger charge is 2.22. The van der Waals surface area contributed by atoms with Gasteiger partial charge in [-0.05, 0) is 12.1 Å². The molecule has 3 heterocycles. The molecule has 0 aliphatic carbocycles. The van der Waals surface area contributed by atoms with Gasteiger partial charge in [-0.25, -0.2) is 4.98 Å². The number of benzene rings is 1. The first kappa shape index (κ1) is 20.5. The molecule has 1 aliphatic rings. The van der Waals surface area contributed by atoms with Gasteiger partial charge < -0.3 is 19.6 Å². The van der Waals surface area contributed by atoms with Crippen molar-refractivity contribution in [3.05, 3.63) is 41.0 Å². The minimum atomic E-state index is 0.400. The fraction of sp³-hybridized carbons (Fsp3) is 0.421. The van der Waals surface area contributed by atoms with E-state index < -0.39 is 0 Å². The van der Waals surface area contributed by atoms with Crippen LogP contribution in [0.15, 0.2) is 33.8 Å². The standard InChI is InChI=1S/C19H23ClN8OS/c1-3-15-23-19(30-26-15)28-9-7-27(8-10-28)18(21-2)22-12-16-24-17(25-29-16)13-5-4-6-14(20)11-13/h4-6,11H,3,7-10,12H2,1-2H3,(H,21,22). The Morgan fingerprint density at radius 2 is 2.10 bits per heavy atom. The van der Waals surface area contributed by atoms with Crippen LogP contribution < -0.4 is 10.2 Å². The largest absolute Gasteiger partial charge is 0.347 e. The molecule has 1 saturated heterocycles. The maximum Gasteiger partial charge on any atom is 0.246 e. The summed E-state index contributed by atoms with van der Waals surface area (Å²) in [4.78, 5) is 17.9. The molecule has 0 bridgehead atoms. The quantitative estimate of drug-likeness (QED) is 0.472. The maximum absolute atomic E-state index is 6.04. The fourth-order valence-electron chi connectivity index (χ4n) is 3.18. The van der Waals surface area contributed by atoms with E-state index in [0.29, 0.717) is 23.3 Å². The van der Waals surface area contributed by atoms with E-state index in [2.05, 4.69) is 46.5 Å². The van der Waals surface area contributed by atoms with E-state index in [9.17, 15) is 0 Å². The Hall–Kier alpha value is -2.72. The molecule has 0 radical (unpaired) electrons. The number of halogens is 1. The van der Waals surface area contributed by atoms with E-state index in [0.717, 1.165) is 55.1 Å². The van der Waals surface area contributed by atoms with E-state index in [1.54, 1.807) is 7.05 Å². The molecule has 0 atom stereocenters. The van der Waals surface area contributed by atoms with Crippen molar-refractivity contribution < 1.29 is 4.52 Å². The molecule has 1 aliphatic heterocycles. The van der Waals surface area contributed by atoms with Gasteiger partial charge in [-0.3, -0.25) is 4.99 Å². The number of hydrogen-bond donors (Lipinski definition) is 1. The predicted molar refractivity (Wildman–Crippen MR) is 118 cm³/mol. The summed E-state index contributed by atoms with van der Waals surface area (Å²) in [5, 5.41) is 8.98. The Balaban J connectivity index is 1.31. The van der Waals surface area contributed by atoms with E-state index in [4.69, 9.17) is 16.1 Å². The smallest absolute Gasteiger partial charge is 0.246 e. The molecular formula is C19H23ClN8OS. The third kappa shape index (κ3) is 4.71. The number of piperazine rings is 1. The summed E-state index contributed by atoms with van der Waals surface area (Å²) in [7, 11) is 1.78. The predicted octanol–water partition coefficient (Wildman–Crippen LogP) is 2.70. The average Bonchev–Trinajstić information content (AvgIpc) is 3.44. The van der Waals surface area contributed by atoms with Crippen LogP contribution in [0.5, 0.6) is 0 Å². The second kappa shape index (κ2) is 9.40. The molecule has 0 amide bonds. The Kier molecular flexibility index (Phi) is 6.44. The first-order chi connectivity index (χ1) is 14.7. The molecule has 1 fully saturated rings. The SMILES string of the molecule is CCc1nsc(N2CCN(C(=NC)NCc3nc(-c4cccc(Cl)c4)no3)CC2)n1. The third-order valence-corrected chi connectivity index (χ3v) is 5.83. The number of guanidine groups is 1. The van der Waals surface area contributed by atoms with Gasteiger partial charge in [-0.2, -0.15) is 9.36 Å². The lowest BCUT2D eigenvalue weighted by Gasteiger charge is -2.36. The second-order valence-corrected chi connectivity index (χ2v) is 7.91. The summed E-state index contributed by atoms with van der Waals surface area (Å²) < 4.78 is 9.75. The Morgan fingerprint density at radius 3 is 2.80 bits per heavy atom. The van der Waals surface area contributed by atoms with Gasteiger partial charge in [0.05, 0.1) is 6.54 Å². The highest BCUT2D eigenvalue weighted by Crippen LogP contribution is 2.21. The fourth-order valence-corrected chi connectivity index (χ4v) is 4.18. The van der Waals surface area contributed by atoms with Crippen molar-refractivity contribution in [1.82, 2.24) is 29.7 Å². The summed E-state index contributed by atoms with van der Waals surface area (Å²) in [6, 6.07) is 7.38. The zero-order valence-electron chi connectivity index (χ0n) is 16.9. The molecule has 4 rings (SSSR count).